The number of ether oxygens (including phenoxy) is 1. The monoisotopic (exact) mass is 395 g/mol. The summed E-state index contributed by atoms with van der Waals surface area (Å²) in [5, 5.41) is 0.846. The second kappa shape index (κ2) is 8.21. The second-order valence-electron chi connectivity index (χ2n) is 7.09. The fraction of sp³-hybridized carbons (Fsp3) is 0.0769. The topological polar surface area (TPSA) is 59.2 Å². The number of rotatable bonds is 5. The predicted molar refractivity (Wildman–Crippen MR) is 121 cm³/mol. The van der Waals surface area contributed by atoms with Crippen LogP contribution in [0.1, 0.15) is 21.5 Å². The minimum Gasteiger partial charge on any atom is -0.497 e. The first-order valence-electron chi connectivity index (χ1n) is 9.65. The number of hydrogen-bond acceptors (Lipinski definition) is 3. The lowest BCUT2D eigenvalue weighted by molar-refractivity contribution is 0.104. The van der Waals surface area contributed by atoms with Crippen molar-refractivity contribution < 1.29 is 9.53 Å². The molecule has 30 heavy (non-hydrogen) atoms. The molecule has 1 heterocycles. The third-order valence-electron chi connectivity index (χ3n) is 5.00. The number of fused-ring (bicyclic) bond motifs is 1. The molecule has 0 spiro atoms. The Morgan fingerprint density at radius 3 is 2.53 bits per heavy atom. The Balaban J connectivity index is 1.89. The van der Waals surface area contributed by atoms with Gasteiger partial charge in [-0.1, -0.05) is 60.2 Å². The highest BCUT2D eigenvalue weighted by Gasteiger charge is 2.19. The van der Waals surface area contributed by atoms with Crippen LogP contribution < -0.4 is 10.3 Å². The smallest absolute Gasteiger partial charge is 0.260 e. The van der Waals surface area contributed by atoms with Crippen molar-refractivity contribution in [1.82, 2.24) is 4.98 Å². The largest absolute Gasteiger partial charge is 0.497 e. The number of allylic oxidation sites excluding steroid dienone is 1. The number of nitrogens with one attached hydrogen (secondary N) is 1. The summed E-state index contributed by atoms with van der Waals surface area (Å²) < 4.78 is 5.23. The van der Waals surface area contributed by atoms with Gasteiger partial charge in [-0.15, -0.1) is 0 Å². The molecule has 0 fully saturated rings. The van der Waals surface area contributed by atoms with Gasteiger partial charge >= 0.3 is 0 Å². The van der Waals surface area contributed by atoms with E-state index in [-0.39, 0.29) is 11.3 Å². The van der Waals surface area contributed by atoms with Crippen molar-refractivity contribution in [2.24, 2.45) is 0 Å². The molecule has 148 valence electrons. The van der Waals surface area contributed by atoms with Gasteiger partial charge in [-0.3, -0.25) is 9.59 Å². The summed E-state index contributed by atoms with van der Waals surface area (Å²) in [5.41, 5.74) is 3.80. The summed E-state index contributed by atoms with van der Waals surface area (Å²) in [5.74, 6) is 0.356. The third-order valence-corrected chi connectivity index (χ3v) is 5.00. The van der Waals surface area contributed by atoms with E-state index in [0.29, 0.717) is 16.8 Å². The summed E-state index contributed by atoms with van der Waals surface area (Å²) in [6.07, 6.45) is 3.13. The Morgan fingerprint density at radius 2 is 1.77 bits per heavy atom. The maximum atomic E-state index is 13.2. The number of aryl methyl sites for hydroxylation is 1. The van der Waals surface area contributed by atoms with E-state index in [4.69, 9.17) is 4.74 Å². The van der Waals surface area contributed by atoms with Gasteiger partial charge in [0.15, 0.2) is 5.78 Å². The molecular formula is C26H21NO3. The average Bonchev–Trinajstić information content (AvgIpc) is 2.77. The van der Waals surface area contributed by atoms with E-state index >= 15 is 0 Å². The van der Waals surface area contributed by atoms with E-state index in [1.54, 1.807) is 13.2 Å². The average molecular weight is 395 g/mol. The Hall–Kier alpha value is -3.92. The van der Waals surface area contributed by atoms with Crippen LogP contribution in [0.5, 0.6) is 5.75 Å². The summed E-state index contributed by atoms with van der Waals surface area (Å²) in [6, 6.07) is 22.7. The number of H-pyrrole nitrogens is 1. The van der Waals surface area contributed by atoms with Crippen LogP contribution in [0.15, 0.2) is 83.7 Å². The van der Waals surface area contributed by atoms with Crippen LogP contribution in [-0.4, -0.2) is 17.9 Å². The fourth-order valence-electron chi connectivity index (χ4n) is 3.55. The molecule has 0 bridgehead atoms. The maximum absolute atomic E-state index is 13.2. The summed E-state index contributed by atoms with van der Waals surface area (Å²) >= 11 is 0. The Bertz CT molecular complexity index is 1320. The minimum atomic E-state index is -0.398. The second-order valence-corrected chi connectivity index (χ2v) is 7.09. The van der Waals surface area contributed by atoms with Gasteiger partial charge in [-0.05, 0) is 48.4 Å². The molecule has 0 saturated heterocycles. The molecule has 4 aromatic rings. The molecule has 4 rings (SSSR count). The Labute approximate surface area is 174 Å². The highest BCUT2D eigenvalue weighted by atomic mass is 16.5. The number of carbonyl (C=O) groups is 1. The van der Waals surface area contributed by atoms with E-state index in [1.165, 1.54) is 6.08 Å². The summed E-state index contributed by atoms with van der Waals surface area (Å²) in [4.78, 5) is 29.0. The molecule has 4 nitrogen and oxygen atoms in total. The van der Waals surface area contributed by atoms with Crippen LogP contribution in [0.2, 0.25) is 0 Å². The Morgan fingerprint density at radius 1 is 0.967 bits per heavy atom. The van der Waals surface area contributed by atoms with Crippen LogP contribution in [-0.2, 0) is 0 Å². The van der Waals surface area contributed by atoms with Crippen LogP contribution in [0.3, 0.4) is 0 Å². The molecule has 0 aliphatic heterocycles. The van der Waals surface area contributed by atoms with Gasteiger partial charge < -0.3 is 9.72 Å². The SMILES string of the molecule is COc1cccc(C=CC(=O)c2c(-c3ccccc3)c3cc(C)ccc3[nH]c2=O)c1. The van der Waals surface area contributed by atoms with Gasteiger partial charge in [-0.2, -0.15) is 0 Å². The Kier molecular flexibility index (Phi) is 5.31. The number of pyridine rings is 1. The molecule has 1 N–H and O–H groups in total. The molecule has 1 aromatic heterocycles. The van der Waals surface area contributed by atoms with Crippen molar-refractivity contribution in [1.29, 1.82) is 0 Å². The summed E-state index contributed by atoms with van der Waals surface area (Å²) in [7, 11) is 1.59. The van der Waals surface area contributed by atoms with E-state index < -0.39 is 5.56 Å². The number of methoxy groups -OCH3 is 1. The van der Waals surface area contributed by atoms with Crippen LogP contribution in [0, 0.1) is 6.92 Å². The normalized spacial score (nSPS) is 11.1. The molecule has 3 aromatic carbocycles. The number of hydrogen-bond donors (Lipinski definition) is 1. The maximum Gasteiger partial charge on any atom is 0.260 e. The number of benzene rings is 3. The fourth-order valence-corrected chi connectivity index (χ4v) is 3.55. The van der Waals surface area contributed by atoms with Crippen molar-refractivity contribution in [3.05, 3.63) is 106 Å². The van der Waals surface area contributed by atoms with Crippen LogP contribution >= 0.6 is 0 Å². The van der Waals surface area contributed by atoms with Gasteiger partial charge in [0.2, 0.25) is 0 Å². The highest BCUT2D eigenvalue weighted by molar-refractivity contribution is 6.15. The van der Waals surface area contributed by atoms with Crippen molar-refractivity contribution in [2.75, 3.05) is 7.11 Å². The first-order valence-corrected chi connectivity index (χ1v) is 9.65. The number of ketones is 1. The van der Waals surface area contributed by atoms with Crippen molar-refractivity contribution in [3.63, 3.8) is 0 Å². The van der Waals surface area contributed by atoms with Gasteiger partial charge in [0.1, 0.15) is 5.75 Å². The van der Waals surface area contributed by atoms with Gasteiger partial charge in [0.05, 0.1) is 12.7 Å². The predicted octanol–water partition coefficient (Wildman–Crippen LogP) is 5.41. The zero-order chi connectivity index (χ0) is 21.1. The van der Waals surface area contributed by atoms with E-state index in [1.807, 2.05) is 79.7 Å². The molecule has 0 aliphatic rings. The number of carbonyl (C=O) groups excluding carboxylic acids is 1. The molecule has 4 heteroatoms. The van der Waals surface area contributed by atoms with E-state index in [9.17, 15) is 9.59 Å². The minimum absolute atomic E-state index is 0.137. The highest BCUT2D eigenvalue weighted by Crippen LogP contribution is 2.30. The van der Waals surface area contributed by atoms with Crippen molar-refractivity contribution in [3.8, 4) is 16.9 Å². The molecule has 0 radical (unpaired) electrons. The quantitative estimate of drug-likeness (QED) is 0.363. The summed E-state index contributed by atoms with van der Waals surface area (Å²) in [6.45, 7) is 1.99. The number of aromatic amines is 1. The zero-order valence-corrected chi connectivity index (χ0v) is 16.8. The van der Waals surface area contributed by atoms with E-state index in [0.717, 1.165) is 22.1 Å². The van der Waals surface area contributed by atoms with E-state index in [2.05, 4.69) is 4.98 Å². The van der Waals surface area contributed by atoms with Gasteiger partial charge in [0.25, 0.3) is 5.56 Å². The van der Waals surface area contributed by atoms with Crippen molar-refractivity contribution in [2.45, 2.75) is 6.92 Å². The van der Waals surface area contributed by atoms with Gasteiger partial charge in [-0.25, -0.2) is 0 Å². The zero-order valence-electron chi connectivity index (χ0n) is 16.8. The third kappa shape index (κ3) is 3.80. The number of aromatic nitrogens is 1. The molecule has 0 saturated carbocycles. The molecule has 0 atom stereocenters. The lowest BCUT2D eigenvalue weighted by atomic mass is 9.93. The first-order chi connectivity index (χ1) is 14.6. The standard InChI is InChI=1S/C26H21NO3/c1-17-11-13-22-21(15-17)24(19-8-4-3-5-9-19)25(26(29)27-22)23(28)14-12-18-7-6-10-20(16-18)30-2/h3-16H,1-2H3,(H,27,29). The molecule has 0 unspecified atom stereocenters. The van der Waals surface area contributed by atoms with Gasteiger partial charge in [0, 0.05) is 16.5 Å². The van der Waals surface area contributed by atoms with Crippen LogP contribution in [0.25, 0.3) is 28.1 Å². The molecule has 0 amide bonds. The van der Waals surface area contributed by atoms with Crippen molar-refractivity contribution >= 4 is 22.8 Å². The van der Waals surface area contributed by atoms with Crippen LogP contribution in [0.4, 0.5) is 0 Å². The molecular weight excluding hydrogens is 374 g/mol. The lowest BCUT2D eigenvalue weighted by Crippen LogP contribution is -2.18. The lowest BCUT2D eigenvalue weighted by Gasteiger charge is -2.12. The molecule has 0 aliphatic carbocycles. The first kappa shape index (κ1) is 19.4.